The predicted octanol–water partition coefficient (Wildman–Crippen LogP) is 4.59. The molecule has 0 radical (unpaired) electrons. The van der Waals surface area contributed by atoms with Gasteiger partial charge in [0.2, 0.25) is 0 Å². The Balaban J connectivity index is 1.64. The van der Waals surface area contributed by atoms with E-state index >= 15 is 0 Å². The van der Waals surface area contributed by atoms with Crippen molar-refractivity contribution in [3.8, 4) is 0 Å². The molecule has 0 unspecified atom stereocenters. The normalized spacial score (nSPS) is 10.2. The van der Waals surface area contributed by atoms with Crippen LogP contribution in [0.25, 0.3) is 0 Å². The van der Waals surface area contributed by atoms with Crippen LogP contribution in [0.1, 0.15) is 33.3 Å². The zero-order valence-corrected chi connectivity index (χ0v) is 14.6. The number of rotatable bonds is 5. The summed E-state index contributed by atoms with van der Waals surface area (Å²) in [5.41, 5.74) is 4.46. The second kappa shape index (κ2) is 7.61. The summed E-state index contributed by atoms with van der Waals surface area (Å²) in [5.74, 6) is -0.228. The van der Waals surface area contributed by atoms with E-state index in [1.54, 1.807) is 30.5 Å². The van der Waals surface area contributed by atoms with E-state index < -0.39 is 0 Å². The first-order chi connectivity index (χ1) is 12.5. The maximum Gasteiger partial charge on any atom is 0.274 e. The van der Waals surface area contributed by atoms with Gasteiger partial charge in [-0.15, -0.1) is 0 Å². The molecule has 0 aliphatic carbocycles. The number of carbonyl (C=O) groups is 2. The number of anilines is 3. The van der Waals surface area contributed by atoms with Crippen molar-refractivity contribution < 1.29 is 9.59 Å². The monoisotopic (exact) mass is 345 g/mol. The van der Waals surface area contributed by atoms with E-state index in [0.717, 1.165) is 22.6 Å². The smallest absolute Gasteiger partial charge is 0.274 e. The van der Waals surface area contributed by atoms with Crippen LogP contribution in [-0.4, -0.2) is 16.7 Å². The van der Waals surface area contributed by atoms with Crippen molar-refractivity contribution in [1.29, 1.82) is 0 Å². The van der Waals surface area contributed by atoms with E-state index in [1.165, 1.54) is 6.92 Å². The number of benzene rings is 2. The molecule has 0 bridgehead atoms. The molecule has 0 aliphatic heterocycles. The third-order valence-electron chi connectivity index (χ3n) is 3.89. The van der Waals surface area contributed by atoms with Crippen LogP contribution in [0.2, 0.25) is 0 Å². The van der Waals surface area contributed by atoms with Gasteiger partial charge in [0.05, 0.1) is 11.9 Å². The minimum Gasteiger partial charge on any atom is -0.354 e. The number of hydrogen-bond donors (Lipinski definition) is 2. The van der Waals surface area contributed by atoms with Gasteiger partial charge < -0.3 is 10.6 Å². The number of hydrogen-bond acceptors (Lipinski definition) is 4. The quantitative estimate of drug-likeness (QED) is 0.664. The topological polar surface area (TPSA) is 71.1 Å². The minimum absolute atomic E-state index is 0.0298. The molecule has 5 heteroatoms. The zero-order chi connectivity index (χ0) is 18.5. The van der Waals surface area contributed by atoms with Gasteiger partial charge in [-0.2, -0.15) is 0 Å². The fourth-order valence-corrected chi connectivity index (χ4v) is 2.39. The molecule has 2 N–H and O–H groups in total. The summed E-state index contributed by atoms with van der Waals surface area (Å²) in [7, 11) is 0. The number of aromatic nitrogens is 1. The highest BCUT2D eigenvalue weighted by Crippen LogP contribution is 2.17. The maximum absolute atomic E-state index is 12.2. The van der Waals surface area contributed by atoms with Gasteiger partial charge in [0.15, 0.2) is 5.78 Å². The molecule has 1 aromatic heterocycles. The molecule has 0 atom stereocenters. The molecular formula is C21H19N3O2. The molecule has 0 aliphatic rings. The van der Waals surface area contributed by atoms with Crippen molar-refractivity contribution in [2.45, 2.75) is 13.8 Å². The molecule has 1 amide bonds. The van der Waals surface area contributed by atoms with Gasteiger partial charge in [0, 0.05) is 16.9 Å². The van der Waals surface area contributed by atoms with Gasteiger partial charge in [-0.1, -0.05) is 17.7 Å². The average Bonchev–Trinajstić information content (AvgIpc) is 2.64. The van der Waals surface area contributed by atoms with Crippen molar-refractivity contribution in [2.75, 3.05) is 10.6 Å². The van der Waals surface area contributed by atoms with E-state index in [0.29, 0.717) is 11.3 Å². The lowest BCUT2D eigenvalue weighted by Gasteiger charge is -2.08. The fourth-order valence-electron chi connectivity index (χ4n) is 2.39. The van der Waals surface area contributed by atoms with Crippen molar-refractivity contribution in [3.63, 3.8) is 0 Å². The van der Waals surface area contributed by atoms with Crippen LogP contribution in [0, 0.1) is 6.92 Å². The Labute approximate surface area is 152 Å². The Kier molecular flexibility index (Phi) is 5.08. The highest BCUT2D eigenvalue weighted by Gasteiger charge is 2.08. The van der Waals surface area contributed by atoms with E-state index in [2.05, 4.69) is 15.6 Å². The molecule has 0 saturated carbocycles. The van der Waals surface area contributed by atoms with Crippen molar-refractivity contribution >= 4 is 28.8 Å². The summed E-state index contributed by atoms with van der Waals surface area (Å²) >= 11 is 0. The highest BCUT2D eigenvalue weighted by atomic mass is 16.2. The second-order valence-corrected chi connectivity index (χ2v) is 6.01. The number of aryl methyl sites for hydroxylation is 1. The third kappa shape index (κ3) is 4.33. The lowest BCUT2D eigenvalue weighted by atomic mass is 10.1. The van der Waals surface area contributed by atoms with E-state index in [1.807, 2.05) is 43.3 Å². The van der Waals surface area contributed by atoms with E-state index in [4.69, 9.17) is 0 Å². The maximum atomic E-state index is 12.2. The van der Waals surface area contributed by atoms with Gasteiger partial charge >= 0.3 is 0 Å². The molecule has 0 spiro atoms. The molecule has 3 aromatic rings. The summed E-state index contributed by atoms with van der Waals surface area (Å²) in [6.07, 6.45) is 1.60. The number of ketones is 1. The Bertz CT molecular complexity index is 915. The first-order valence-corrected chi connectivity index (χ1v) is 8.23. The van der Waals surface area contributed by atoms with Crippen LogP contribution >= 0.6 is 0 Å². The number of amides is 1. The van der Waals surface area contributed by atoms with Crippen molar-refractivity contribution in [3.05, 3.63) is 83.7 Å². The third-order valence-corrected chi connectivity index (χ3v) is 3.89. The standard InChI is InChI=1S/C21H19N3O2/c1-14-3-7-18(8-4-14)24-21(26)20-12-11-19(13-22-20)23-17-9-5-16(6-10-17)15(2)25/h3-13,23H,1-2H3,(H,24,26). The minimum atomic E-state index is -0.258. The SMILES string of the molecule is CC(=O)c1ccc(Nc2ccc(C(=O)Nc3ccc(C)cc3)nc2)cc1. The summed E-state index contributed by atoms with van der Waals surface area (Å²) in [6, 6.07) is 18.2. The molecule has 2 aromatic carbocycles. The lowest BCUT2D eigenvalue weighted by Crippen LogP contribution is -2.13. The summed E-state index contributed by atoms with van der Waals surface area (Å²) in [4.78, 5) is 27.7. The molecule has 3 rings (SSSR count). The lowest BCUT2D eigenvalue weighted by molar-refractivity contribution is 0.101. The second-order valence-electron chi connectivity index (χ2n) is 6.01. The van der Waals surface area contributed by atoms with E-state index in [9.17, 15) is 9.59 Å². The molecule has 26 heavy (non-hydrogen) atoms. The molecule has 0 fully saturated rings. The van der Waals surface area contributed by atoms with Gasteiger partial charge in [-0.3, -0.25) is 9.59 Å². The fraction of sp³-hybridized carbons (Fsp3) is 0.0952. The Morgan fingerprint density at radius 2 is 1.42 bits per heavy atom. The largest absolute Gasteiger partial charge is 0.354 e. The number of carbonyl (C=O) groups excluding carboxylic acids is 2. The van der Waals surface area contributed by atoms with Crippen LogP contribution in [0.4, 0.5) is 17.1 Å². The molecule has 0 saturated heterocycles. The summed E-state index contributed by atoms with van der Waals surface area (Å²) in [6.45, 7) is 3.53. The number of pyridine rings is 1. The number of nitrogens with zero attached hydrogens (tertiary/aromatic N) is 1. The highest BCUT2D eigenvalue weighted by molar-refractivity contribution is 6.03. The predicted molar refractivity (Wildman–Crippen MR) is 103 cm³/mol. The Morgan fingerprint density at radius 3 is 2.00 bits per heavy atom. The van der Waals surface area contributed by atoms with Crippen molar-refractivity contribution in [2.24, 2.45) is 0 Å². The number of nitrogens with one attached hydrogen (secondary N) is 2. The van der Waals surface area contributed by atoms with Crippen molar-refractivity contribution in [1.82, 2.24) is 4.98 Å². The molecular weight excluding hydrogens is 326 g/mol. The Hall–Kier alpha value is -3.47. The van der Waals surface area contributed by atoms with Crippen LogP contribution in [-0.2, 0) is 0 Å². The van der Waals surface area contributed by atoms with Gasteiger partial charge in [-0.25, -0.2) is 4.98 Å². The average molecular weight is 345 g/mol. The molecule has 130 valence electrons. The van der Waals surface area contributed by atoms with Crippen LogP contribution in [0.15, 0.2) is 66.9 Å². The summed E-state index contributed by atoms with van der Waals surface area (Å²) in [5, 5.41) is 6.00. The van der Waals surface area contributed by atoms with Gasteiger partial charge in [0.25, 0.3) is 5.91 Å². The Morgan fingerprint density at radius 1 is 0.808 bits per heavy atom. The van der Waals surface area contributed by atoms with E-state index in [-0.39, 0.29) is 11.7 Å². The van der Waals surface area contributed by atoms with Crippen LogP contribution in [0.3, 0.4) is 0 Å². The van der Waals surface area contributed by atoms with Gasteiger partial charge in [0.1, 0.15) is 5.69 Å². The first kappa shape index (κ1) is 17.4. The zero-order valence-electron chi connectivity index (χ0n) is 14.6. The van der Waals surface area contributed by atoms with Crippen LogP contribution < -0.4 is 10.6 Å². The molecule has 5 nitrogen and oxygen atoms in total. The molecule has 1 heterocycles. The first-order valence-electron chi connectivity index (χ1n) is 8.23. The number of Topliss-reactive ketones (excluding diaryl/α,β-unsaturated/α-hetero) is 1. The summed E-state index contributed by atoms with van der Waals surface area (Å²) < 4.78 is 0. The van der Waals surface area contributed by atoms with Crippen LogP contribution in [0.5, 0.6) is 0 Å². The van der Waals surface area contributed by atoms with Gasteiger partial charge in [-0.05, 0) is 62.4 Å².